The smallest absolute Gasteiger partial charge is 0.312 e. The van der Waals surface area contributed by atoms with Crippen LogP contribution in [0.5, 0.6) is 0 Å². The number of carbonyl (C=O) groups excluding carboxylic acids is 2. The van der Waals surface area contributed by atoms with E-state index in [2.05, 4.69) is 5.32 Å². The van der Waals surface area contributed by atoms with Crippen molar-refractivity contribution in [1.29, 1.82) is 0 Å². The Hall–Kier alpha value is -1.84. The molecule has 3 atom stereocenters. The highest BCUT2D eigenvalue weighted by Gasteiger charge is 2.33. The third-order valence-corrected chi connectivity index (χ3v) is 4.27. The van der Waals surface area contributed by atoms with Crippen molar-refractivity contribution in [3.8, 4) is 0 Å². The molecule has 1 aliphatic rings. The lowest BCUT2D eigenvalue weighted by Gasteiger charge is -2.38. The molecule has 0 radical (unpaired) electrons. The summed E-state index contributed by atoms with van der Waals surface area (Å²) in [6.07, 6.45) is 3.06. The van der Waals surface area contributed by atoms with Crippen LogP contribution in [0.3, 0.4) is 0 Å². The number of carbonyl (C=O) groups is 2. The van der Waals surface area contributed by atoms with E-state index in [1.165, 1.54) is 0 Å². The van der Waals surface area contributed by atoms with Crippen LogP contribution in [0.4, 0.5) is 0 Å². The fourth-order valence-electron chi connectivity index (χ4n) is 3.02. The number of rotatable bonds is 2. The minimum absolute atomic E-state index is 0.138. The second kappa shape index (κ2) is 6.74. The van der Waals surface area contributed by atoms with Gasteiger partial charge in [-0.3, -0.25) is 9.59 Å². The minimum atomic E-state index is -0.507. The van der Waals surface area contributed by atoms with Crippen molar-refractivity contribution >= 4 is 11.8 Å². The third kappa shape index (κ3) is 3.63. The molecule has 1 aliphatic heterocycles. The molecule has 114 valence electrons. The number of hydrogen-bond acceptors (Lipinski definition) is 2. The van der Waals surface area contributed by atoms with Gasteiger partial charge in [0.2, 0.25) is 0 Å². The zero-order chi connectivity index (χ0) is 15.4. The number of likely N-dealkylation sites (tertiary alicyclic amines) is 1. The highest BCUT2D eigenvalue weighted by atomic mass is 16.2. The Morgan fingerprint density at radius 2 is 1.71 bits per heavy atom. The maximum absolute atomic E-state index is 12.4. The van der Waals surface area contributed by atoms with Gasteiger partial charge < -0.3 is 10.2 Å². The fraction of sp³-hybridized carbons (Fsp3) is 0.529. The van der Waals surface area contributed by atoms with Gasteiger partial charge in [-0.05, 0) is 45.6 Å². The molecule has 1 N–H and O–H groups in total. The number of amides is 2. The van der Waals surface area contributed by atoms with Gasteiger partial charge in [-0.1, -0.05) is 30.3 Å². The number of nitrogens with zero attached hydrogens (tertiary/aromatic N) is 1. The molecule has 0 aromatic heterocycles. The first-order valence-electron chi connectivity index (χ1n) is 7.68. The highest BCUT2D eigenvalue weighted by molar-refractivity contribution is 6.35. The summed E-state index contributed by atoms with van der Waals surface area (Å²) in [6, 6.07) is 9.78. The average Bonchev–Trinajstić information content (AvgIpc) is 2.47. The van der Waals surface area contributed by atoms with Crippen LogP contribution < -0.4 is 5.32 Å². The predicted octanol–water partition coefficient (Wildman–Crippen LogP) is 2.65. The van der Waals surface area contributed by atoms with Gasteiger partial charge in [-0.25, -0.2) is 0 Å². The van der Waals surface area contributed by atoms with Crippen molar-refractivity contribution in [2.75, 3.05) is 0 Å². The van der Waals surface area contributed by atoms with Crippen molar-refractivity contribution in [3.63, 3.8) is 0 Å². The van der Waals surface area contributed by atoms with Gasteiger partial charge in [0, 0.05) is 12.1 Å². The van der Waals surface area contributed by atoms with E-state index in [9.17, 15) is 9.59 Å². The number of nitrogens with one attached hydrogen (secondary N) is 1. The Morgan fingerprint density at radius 3 is 2.29 bits per heavy atom. The van der Waals surface area contributed by atoms with Crippen molar-refractivity contribution < 1.29 is 9.59 Å². The van der Waals surface area contributed by atoms with E-state index in [1.54, 1.807) is 4.90 Å². The standard InChI is InChI=1S/C17H24N2O2/c1-12-8-7-9-13(2)19(12)17(21)16(20)18-14(3)15-10-5-4-6-11-15/h4-6,10-14H,7-9H2,1-3H3,(H,18,20). The maximum atomic E-state index is 12.4. The first kappa shape index (κ1) is 15.5. The van der Waals surface area contributed by atoms with E-state index in [-0.39, 0.29) is 18.1 Å². The molecule has 2 rings (SSSR count). The highest BCUT2D eigenvalue weighted by Crippen LogP contribution is 2.22. The lowest BCUT2D eigenvalue weighted by molar-refractivity contribution is -0.150. The van der Waals surface area contributed by atoms with Crippen molar-refractivity contribution in [2.45, 2.75) is 58.2 Å². The lowest BCUT2D eigenvalue weighted by Crippen LogP contribution is -2.53. The molecule has 1 heterocycles. The fourth-order valence-corrected chi connectivity index (χ4v) is 3.02. The van der Waals surface area contributed by atoms with Gasteiger partial charge in [0.25, 0.3) is 0 Å². The summed E-state index contributed by atoms with van der Waals surface area (Å²) in [5, 5.41) is 2.80. The van der Waals surface area contributed by atoms with E-state index in [4.69, 9.17) is 0 Å². The topological polar surface area (TPSA) is 49.4 Å². The number of hydrogen-bond donors (Lipinski definition) is 1. The molecule has 3 unspecified atom stereocenters. The number of piperidine rings is 1. The Balaban J connectivity index is 2.01. The third-order valence-electron chi connectivity index (χ3n) is 4.27. The maximum Gasteiger partial charge on any atom is 0.312 e. The zero-order valence-corrected chi connectivity index (χ0v) is 13.0. The van der Waals surface area contributed by atoms with Gasteiger partial charge in [-0.2, -0.15) is 0 Å². The van der Waals surface area contributed by atoms with Crippen molar-refractivity contribution in [3.05, 3.63) is 35.9 Å². The van der Waals surface area contributed by atoms with Crippen LogP contribution in [-0.2, 0) is 9.59 Å². The van der Waals surface area contributed by atoms with Gasteiger partial charge in [0.15, 0.2) is 0 Å². The van der Waals surface area contributed by atoms with Crippen molar-refractivity contribution in [1.82, 2.24) is 10.2 Å². The summed E-state index contributed by atoms with van der Waals surface area (Å²) in [6.45, 7) is 5.92. The summed E-state index contributed by atoms with van der Waals surface area (Å²) in [7, 11) is 0. The van der Waals surface area contributed by atoms with Crippen molar-refractivity contribution in [2.24, 2.45) is 0 Å². The van der Waals surface area contributed by atoms with Gasteiger partial charge >= 0.3 is 11.8 Å². The van der Waals surface area contributed by atoms with E-state index in [1.807, 2.05) is 51.1 Å². The largest absolute Gasteiger partial charge is 0.341 e. The van der Waals surface area contributed by atoms with E-state index < -0.39 is 11.8 Å². The van der Waals surface area contributed by atoms with Gasteiger partial charge in [0.05, 0.1) is 6.04 Å². The van der Waals surface area contributed by atoms with Crippen LogP contribution in [0.25, 0.3) is 0 Å². The second-order valence-electron chi connectivity index (χ2n) is 5.95. The summed E-state index contributed by atoms with van der Waals surface area (Å²) in [5.74, 6) is -0.913. The Kier molecular flexibility index (Phi) is 4.99. The molecule has 4 nitrogen and oxygen atoms in total. The lowest BCUT2D eigenvalue weighted by atomic mass is 9.97. The summed E-state index contributed by atoms with van der Waals surface area (Å²) < 4.78 is 0. The molecule has 1 aromatic carbocycles. The van der Waals surface area contributed by atoms with E-state index >= 15 is 0 Å². The molecule has 21 heavy (non-hydrogen) atoms. The molecular formula is C17H24N2O2. The van der Waals surface area contributed by atoms with Crippen LogP contribution in [0, 0.1) is 0 Å². The molecule has 1 fully saturated rings. The molecule has 1 aromatic rings. The average molecular weight is 288 g/mol. The molecule has 0 aliphatic carbocycles. The van der Waals surface area contributed by atoms with Crippen LogP contribution in [0.1, 0.15) is 51.6 Å². The SMILES string of the molecule is CC(NC(=O)C(=O)N1C(C)CCCC1C)c1ccccc1. The molecule has 1 saturated heterocycles. The summed E-state index contributed by atoms with van der Waals surface area (Å²) in [4.78, 5) is 26.3. The predicted molar refractivity (Wildman–Crippen MR) is 82.6 cm³/mol. The monoisotopic (exact) mass is 288 g/mol. The Labute approximate surface area is 126 Å². The van der Waals surface area contributed by atoms with Gasteiger partial charge in [-0.15, -0.1) is 0 Å². The second-order valence-corrected chi connectivity index (χ2v) is 5.95. The molecule has 0 spiro atoms. The minimum Gasteiger partial charge on any atom is -0.341 e. The molecule has 4 heteroatoms. The zero-order valence-electron chi connectivity index (χ0n) is 13.0. The quantitative estimate of drug-likeness (QED) is 0.851. The summed E-state index contributed by atoms with van der Waals surface area (Å²) in [5.41, 5.74) is 0.999. The molecular weight excluding hydrogens is 264 g/mol. The van der Waals surface area contributed by atoms with Crippen LogP contribution in [0.2, 0.25) is 0 Å². The van der Waals surface area contributed by atoms with Crippen LogP contribution >= 0.6 is 0 Å². The van der Waals surface area contributed by atoms with Crippen LogP contribution in [-0.4, -0.2) is 28.8 Å². The Morgan fingerprint density at radius 1 is 1.14 bits per heavy atom. The normalized spacial score (nSPS) is 23.5. The molecule has 2 amide bonds. The first-order valence-corrected chi connectivity index (χ1v) is 7.68. The van der Waals surface area contributed by atoms with E-state index in [0.29, 0.717) is 0 Å². The van der Waals surface area contributed by atoms with E-state index in [0.717, 1.165) is 24.8 Å². The first-order chi connectivity index (χ1) is 10.0. The number of benzene rings is 1. The molecule has 0 bridgehead atoms. The van der Waals surface area contributed by atoms with Gasteiger partial charge in [0.1, 0.15) is 0 Å². The summed E-state index contributed by atoms with van der Waals surface area (Å²) >= 11 is 0. The van der Waals surface area contributed by atoms with Crippen LogP contribution in [0.15, 0.2) is 30.3 Å². The molecule has 0 saturated carbocycles. The Bertz CT molecular complexity index is 491.